The molecule has 13 heteroatoms. The number of halogens is 6. The quantitative estimate of drug-likeness (QED) is 0.388. The maximum atomic E-state index is 10.1. The van der Waals surface area contributed by atoms with Crippen LogP contribution in [0.15, 0.2) is 24.3 Å². The van der Waals surface area contributed by atoms with Crippen molar-refractivity contribution in [3.8, 4) is 11.5 Å². The van der Waals surface area contributed by atoms with Gasteiger partial charge in [-0.15, -0.1) is 0 Å². The fourth-order valence-corrected chi connectivity index (χ4v) is 2.69. The van der Waals surface area contributed by atoms with Crippen LogP contribution < -0.4 is 19.7 Å². The van der Waals surface area contributed by atoms with E-state index in [-0.39, 0.29) is 58.7 Å². The van der Waals surface area contributed by atoms with Gasteiger partial charge in [-0.05, 0) is 12.1 Å². The van der Waals surface area contributed by atoms with E-state index < -0.39 is 25.2 Å². The summed E-state index contributed by atoms with van der Waals surface area (Å²) in [5, 5.41) is 21.6. The smallest absolute Gasteiger partial charge is 0.546 e. The van der Waals surface area contributed by atoms with Gasteiger partial charge in [0.25, 0.3) is 0 Å². The van der Waals surface area contributed by atoms with Gasteiger partial charge in [-0.25, -0.2) is 0 Å². The number of hydrogen-bond donors (Lipinski definition) is 0. The van der Waals surface area contributed by atoms with Crippen LogP contribution in [0.2, 0.25) is 30.1 Å². The molecular formula is C16H8Cl6CuO6. The summed E-state index contributed by atoms with van der Waals surface area (Å²) in [6, 6.07) is 5.43. The summed E-state index contributed by atoms with van der Waals surface area (Å²) in [5.41, 5.74) is 0. The van der Waals surface area contributed by atoms with E-state index >= 15 is 0 Å². The molecule has 6 nitrogen and oxygen atoms in total. The van der Waals surface area contributed by atoms with Crippen LogP contribution in [0.25, 0.3) is 0 Å². The number of rotatable bonds is 6. The first-order valence-electron chi connectivity index (χ1n) is 6.95. The Kier molecular flexibility index (Phi) is 13.2. The molecule has 1 radical (unpaired) electrons. The summed E-state index contributed by atoms with van der Waals surface area (Å²) in [5.74, 6) is -2.37. The minimum Gasteiger partial charge on any atom is -0.546 e. The van der Waals surface area contributed by atoms with Gasteiger partial charge in [-0.2, -0.15) is 0 Å². The Labute approximate surface area is 206 Å². The number of carbonyl (C=O) groups excluding carboxylic acids is 2. The van der Waals surface area contributed by atoms with E-state index in [4.69, 9.17) is 79.1 Å². The predicted molar refractivity (Wildman–Crippen MR) is 104 cm³/mol. The van der Waals surface area contributed by atoms with Crippen molar-refractivity contribution < 1.29 is 46.3 Å². The molecule has 0 N–H and O–H groups in total. The monoisotopic (exact) mass is 569 g/mol. The second kappa shape index (κ2) is 13.5. The second-order valence-electron chi connectivity index (χ2n) is 4.71. The van der Waals surface area contributed by atoms with Crippen molar-refractivity contribution in [2.75, 3.05) is 13.2 Å². The minimum absolute atomic E-state index is 0. The van der Waals surface area contributed by atoms with Gasteiger partial charge < -0.3 is 29.3 Å². The van der Waals surface area contributed by atoms with Crippen molar-refractivity contribution >= 4 is 81.5 Å². The van der Waals surface area contributed by atoms with Gasteiger partial charge in [0.15, 0.2) is 0 Å². The number of carboxylic acids is 2. The van der Waals surface area contributed by atoms with Crippen molar-refractivity contribution in [3.63, 3.8) is 0 Å². The maximum Gasteiger partial charge on any atom is 2.00 e. The van der Waals surface area contributed by atoms with E-state index in [1.807, 2.05) is 0 Å². The van der Waals surface area contributed by atoms with E-state index in [9.17, 15) is 19.8 Å². The van der Waals surface area contributed by atoms with E-state index in [1.54, 1.807) is 0 Å². The number of hydrogen-bond acceptors (Lipinski definition) is 6. The summed E-state index contributed by atoms with van der Waals surface area (Å²) in [6.07, 6.45) is 0. The molecule has 0 aliphatic carbocycles. The number of ether oxygens (including phenoxy) is 2. The molecule has 0 bridgehead atoms. The zero-order valence-electron chi connectivity index (χ0n) is 13.7. The van der Waals surface area contributed by atoms with Crippen molar-refractivity contribution in [1.82, 2.24) is 0 Å². The molecule has 0 amide bonds. The summed E-state index contributed by atoms with van der Waals surface area (Å²) >= 11 is 34.0. The van der Waals surface area contributed by atoms with Crippen LogP contribution in [-0.4, -0.2) is 25.2 Å². The Morgan fingerprint density at radius 3 is 1.17 bits per heavy atom. The molecule has 0 saturated heterocycles. The molecule has 0 heterocycles. The van der Waals surface area contributed by atoms with Crippen molar-refractivity contribution in [2.45, 2.75) is 0 Å². The van der Waals surface area contributed by atoms with Crippen LogP contribution in [0.1, 0.15) is 0 Å². The Morgan fingerprint density at radius 2 is 0.897 bits per heavy atom. The number of aliphatic carboxylic acids is 2. The largest absolute Gasteiger partial charge is 2.00 e. The van der Waals surface area contributed by atoms with Gasteiger partial charge in [0.1, 0.15) is 24.7 Å². The molecule has 2 aromatic carbocycles. The summed E-state index contributed by atoms with van der Waals surface area (Å²) < 4.78 is 9.59. The Morgan fingerprint density at radius 1 is 0.621 bits per heavy atom. The number of benzene rings is 2. The summed E-state index contributed by atoms with van der Waals surface area (Å²) in [7, 11) is 0. The Hall–Kier alpha value is -0.761. The first kappa shape index (κ1) is 28.2. The Balaban J connectivity index is 0.000000523. The molecule has 0 aliphatic rings. The van der Waals surface area contributed by atoms with Crippen LogP contribution >= 0.6 is 69.6 Å². The molecule has 0 atom stereocenters. The van der Waals surface area contributed by atoms with Crippen LogP contribution in [0.3, 0.4) is 0 Å². The topological polar surface area (TPSA) is 98.7 Å². The molecule has 161 valence electrons. The van der Waals surface area contributed by atoms with E-state index in [1.165, 1.54) is 24.3 Å². The Bertz CT molecular complexity index is 808. The molecular weight excluding hydrogens is 564 g/mol. The SMILES string of the molecule is O=C([O-])COc1cc(Cl)c(Cl)cc1Cl.O=C([O-])COc1cc(Cl)c(Cl)cc1Cl.[Cu+2]. The van der Waals surface area contributed by atoms with Crippen LogP contribution in [-0.2, 0) is 26.7 Å². The molecule has 29 heavy (non-hydrogen) atoms. The van der Waals surface area contributed by atoms with E-state index in [0.29, 0.717) is 0 Å². The minimum atomic E-state index is -1.34. The normalized spacial score (nSPS) is 9.59. The first-order valence-corrected chi connectivity index (χ1v) is 9.22. The van der Waals surface area contributed by atoms with Gasteiger partial charge in [0, 0.05) is 12.1 Å². The molecule has 0 aromatic heterocycles. The summed E-state index contributed by atoms with van der Waals surface area (Å²) in [6.45, 7) is -1.17. The molecule has 2 aromatic rings. The molecule has 2 rings (SSSR count). The van der Waals surface area contributed by atoms with Crippen LogP contribution in [0.5, 0.6) is 11.5 Å². The maximum absolute atomic E-state index is 10.1. The average molecular weight is 572 g/mol. The average Bonchev–Trinajstić information content (AvgIpc) is 2.59. The summed E-state index contributed by atoms with van der Waals surface area (Å²) in [4.78, 5) is 20.2. The zero-order chi connectivity index (χ0) is 21.4. The third kappa shape index (κ3) is 10.2. The third-order valence-corrected chi connectivity index (χ3v) is 4.68. The molecule has 0 unspecified atom stereocenters. The van der Waals surface area contributed by atoms with Gasteiger partial charge in [0.05, 0.1) is 42.1 Å². The van der Waals surface area contributed by atoms with Crippen LogP contribution in [0, 0.1) is 0 Å². The van der Waals surface area contributed by atoms with Gasteiger partial charge in [-0.1, -0.05) is 69.6 Å². The standard InChI is InChI=1S/2C8H5Cl3O3.Cu/c2*9-4-1-6(11)7(2-5(4)10)14-3-8(12)13;/h2*1-2H,3H2,(H,12,13);/q;;+2/p-2. The molecule has 0 aliphatic heterocycles. The first-order chi connectivity index (χ1) is 13.0. The predicted octanol–water partition coefficient (Wildman–Crippen LogP) is 3.55. The number of carbonyl (C=O) groups is 2. The van der Waals surface area contributed by atoms with Crippen molar-refractivity contribution in [1.29, 1.82) is 0 Å². The fraction of sp³-hybridized carbons (Fsp3) is 0.125. The zero-order valence-corrected chi connectivity index (χ0v) is 19.2. The molecule has 0 saturated carbocycles. The fourth-order valence-electron chi connectivity index (χ4n) is 1.50. The van der Waals surface area contributed by atoms with Crippen LogP contribution in [0.4, 0.5) is 0 Å². The number of carboxylic acid groups (broad SMARTS) is 2. The third-order valence-electron chi connectivity index (χ3n) is 2.64. The van der Waals surface area contributed by atoms with Crippen molar-refractivity contribution in [3.05, 3.63) is 54.4 Å². The molecule has 0 spiro atoms. The van der Waals surface area contributed by atoms with Gasteiger partial charge in [-0.3, -0.25) is 0 Å². The van der Waals surface area contributed by atoms with E-state index in [2.05, 4.69) is 0 Å². The van der Waals surface area contributed by atoms with Gasteiger partial charge in [0.2, 0.25) is 0 Å². The second-order valence-corrected chi connectivity index (χ2v) is 7.16. The van der Waals surface area contributed by atoms with E-state index in [0.717, 1.165) is 0 Å². The van der Waals surface area contributed by atoms with Crippen molar-refractivity contribution in [2.24, 2.45) is 0 Å². The van der Waals surface area contributed by atoms with Gasteiger partial charge >= 0.3 is 17.1 Å². The molecule has 0 fully saturated rings.